The van der Waals surface area contributed by atoms with Gasteiger partial charge < -0.3 is 181 Å². The van der Waals surface area contributed by atoms with Crippen LogP contribution in [0, 0.1) is 0 Å². The molecule has 0 bridgehead atoms. The van der Waals surface area contributed by atoms with Crippen LogP contribution in [-0.2, 0) is 172 Å². The minimum atomic E-state index is 0. The van der Waals surface area contributed by atoms with Crippen LogP contribution in [-0.4, -0.2) is 90.4 Å². The van der Waals surface area contributed by atoms with Crippen LogP contribution in [0.15, 0.2) is 0 Å². The predicted molar refractivity (Wildman–Crippen MR) is 389 cm³/mol. The van der Waals surface area contributed by atoms with Gasteiger partial charge in [-0.05, 0) is 38.5 Å². The van der Waals surface area contributed by atoms with Crippen molar-refractivity contribution in [1.82, 2.24) is 31.9 Å². The number of hydrogen-bond donors (Lipinski definition) is 6. The van der Waals surface area contributed by atoms with Gasteiger partial charge in [-0.15, -0.1) is 0 Å². The van der Waals surface area contributed by atoms with Crippen LogP contribution in [0.1, 0.15) is 234 Å². The van der Waals surface area contributed by atoms with E-state index in [-0.39, 0.29) is 21.1 Å². The molecule has 6 N–H and O–H groups in total. The van der Waals surface area contributed by atoms with Gasteiger partial charge in [0, 0.05) is 39.3 Å². The molecule has 31 heteroatoms. The van der Waals surface area contributed by atoms with Gasteiger partial charge in [-0.3, -0.25) is 0 Å². The van der Waals surface area contributed by atoms with Gasteiger partial charge in [0.2, 0.25) is 0 Å². The van der Waals surface area contributed by atoms with Crippen molar-refractivity contribution < 1.29 is 46.3 Å². The first-order chi connectivity index (χ1) is 37.6. The van der Waals surface area contributed by atoms with Crippen molar-refractivity contribution in [3.63, 3.8) is 0 Å². The summed E-state index contributed by atoms with van der Waals surface area (Å²) in [5.74, 6) is 0. The average molecular weight is 1530 g/mol. The molecule has 79 heavy (non-hydrogen) atoms. The Kier molecular flexibility index (Phi) is 183. The Morgan fingerprint density at radius 2 is 0.304 bits per heavy atom. The SMILES string of the molecule is CCCCCCCNC(=S)[S-].CCCCCCCNC(=S)[S-].CCCCCCCNC(=S)[S-].CCCCCCCNC(=S)[S-].CCCCCCCNC(=S)[S-].CCCCCCCNC(=S)[S-].O=S.O=S.O=S.O=S.O=S.O=S.[Mo+6]. The summed E-state index contributed by atoms with van der Waals surface area (Å²) in [7, 11) is 0. The van der Waals surface area contributed by atoms with Gasteiger partial charge in [-0.25, -0.2) is 0 Å². The van der Waals surface area contributed by atoms with E-state index in [1.807, 2.05) is 0 Å². The van der Waals surface area contributed by atoms with Crippen molar-refractivity contribution in [2.45, 2.75) is 234 Å². The second-order valence-corrected chi connectivity index (χ2v) is 22.2. The standard InChI is InChI=1S/6C8H17NS2.Mo.6OS/c6*1-2-3-4-5-6-7-9-8(10)11;;6*1-2/h6*2-7H2,1H3,(H2,9,10,11);;;;;;;/q;;;;;;+6;;;;;;/p-6. The van der Waals surface area contributed by atoms with Crippen molar-refractivity contribution in [2.24, 2.45) is 0 Å². The Hall–Kier alpha value is 1.47. The Balaban J connectivity index is -0.0000000576. The summed E-state index contributed by atoms with van der Waals surface area (Å²) in [6.07, 6.45) is 38.8. The van der Waals surface area contributed by atoms with Crippen molar-refractivity contribution in [2.75, 3.05) is 39.3 Å². The summed E-state index contributed by atoms with van der Waals surface area (Å²) in [6, 6.07) is 0. The molecule has 0 atom stereocenters. The smallest absolute Gasteiger partial charge is 0.412 e. The third-order valence-electron chi connectivity index (χ3n) is 9.30. The molecule has 0 spiro atoms. The molecular formula is C48H96MoN6O6S18. The summed E-state index contributed by atoms with van der Waals surface area (Å²) in [5.41, 5.74) is 0. The van der Waals surface area contributed by atoms with E-state index < -0.39 is 0 Å². The Bertz CT molecular complexity index is 957. The van der Waals surface area contributed by atoms with Crippen molar-refractivity contribution in [3.8, 4) is 0 Å². The fraction of sp³-hybridized carbons (Fsp3) is 0.875. The van der Waals surface area contributed by atoms with Gasteiger partial charge >= 0.3 is 21.1 Å². The Morgan fingerprint density at radius 3 is 0.380 bits per heavy atom. The minimum absolute atomic E-state index is 0. The van der Waals surface area contributed by atoms with E-state index in [1.165, 1.54) is 193 Å². The quantitative estimate of drug-likeness (QED) is 0.0151. The summed E-state index contributed by atoms with van der Waals surface area (Å²) in [5, 5.41) is 17.8. The monoisotopic (exact) mass is 1530 g/mol. The fourth-order valence-electron chi connectivity index (χ4n) is 5.51. The maximum absolute atomic E-state index is 7.83. The third-order valence-corrected chi connectivity index (χ3v) is 11.0. The molecule has 0 aliphatic heterocycles. The number of nitrogens with one attached hydrogen (secondary N) is 6. The molecule has 0 saturated heterocycles. The van der Waals surface area contributed by atoms with Gasteiger partial charge in [-0.1, -0.05) is 222 Å². The zero-order valence-corrected chi connectivity index (χ0v) is 64.4. The summed E-state index contributed by atoms with van der Waals surface area (Å²) < 4.78 is 50.0. The zero-order valence-electron chi connectivity index (χ0n) is 47.7. The van der Waals surface area contributed by atoms with Crippen LogP contribution < -0.4 is 31.9 Å². The molecule has 0 aromatic heterocycles. The largest absolute Gasteiger partial charge is 6.00 e. The summed E-state index contributed by atoms with van der Waals surface area (Å²) in [4.78, 5) is 0. The van der Waals surface area contributed by atoms with E-state index in [4.69, 9.17) is 174 Å². The number of hydrogen-bond acceptors (Lipinski definition) is 24. The molecule has 0 aromatic carbocycles. The predicted octanol–water partition coefficient (Wildman–Crippen LogP) is 12.2. The number of unbranched alkanes of at least 4 members (excludes halogenated alkanes) is 24. The Labute approximate surface area is 594 Å². The summed E-state index contributed by atoms with van der Waals surface area (Å²) >= 11 is 73.4. The van der Waals surface area contributed by atoms with Crippen LogP contribution >= 0.6 is 73.3 Å². The van der Waals surface area contributed by atoms with Gasteiger partial charge in [-0.2, -0.15) is 25.3 Å². The molecule has 0 aliphatic carbocycles. The third kappa shape index (κ3) is 195. The fourth-order valence-corrected chi connectivity index (χ4v) is 6.74. The normalized spacial score (nSPS) is 8.28. The summed E-state index contributed by atoms with van der Waals surface area (Å²) in [6.45, 7) is 19.0. The van der Waals surface area contributed by atoms with Crippen LogP contribution in [0.25, 0.3) is 0 Å². The molecule has 0 rings (SSSR count). The minimum Gasteiger partial charge on any atom is -0.412 e. The second kappa shape index (κ2) is 130. The Morgan fingerprint density at radius 1 is 0.215 bits per heavy atom. The molecule has 0 aromatic rings. The number of thiocarbonyl (C=S) groups is 6. The van der Waals surface area contributed by atoms with Crippen LogP contribution in [0.5, 0.6) is 0 Å². The first-order valence-corrected chi connectivity index (χ1v) is 33.2. The van der Waals surface area contributed by atoms with Gasteiger partial charge in [0.15, 0.2) is 75.2 Å². The number of rotatable bonds is 36. The molecule has 468 valence electrons. The van der Waals surface area contributed by atoms with Crippen LogP contribution in [0.4, 0.5) is 0 Å². The average Bonchev–Trinajstić information content (AvgIpc) is 3.44. The van der Waals surface area contributed by atoms with E-state index in [0.717, 1.165) is 39.3 Å². The maximum atomic E-state index is 7.83. The maximum Gasteiger partial charge on any atom is 6.00 e. The van der Waals surface area contributed by atoms with Crippen molar-refractivity contribution >= 4 is 250 Å². The molecule has 0 radical (unpaired) electrons. The van der Waals surface area contributed by atoms with E-state index in [2.05, 4.69) is 149 Å². The molecule has 0 saturated carbocycles. The van der Waals surface area contributed by atoms with Crippen LogP contribution in [0.2, 0.25) is 0 Å². The zero-order chi connectivity index (χ0) is 63.2. The molecule has 0 amide bonds. The molecule has 12 nitrogen and oxygen atoms in total. The van der Waals surface area contributed by atoms with Gasteiger partial charge in [0.05, 0.1) is 0 Å². The molecular weight excluding hydrogens is 1430 g/mol. The second-order valence-electron chi connectivity index (χ2n) is 15.8. The first-order valence-electron chi connectivity index (χ1n) is 26.3. The van der Waals surface area contributed by atoms with Gasteiger partial charge in [0.25, 0.3) is 0 Å². The van der Waals surface area contributed by atoms with Crippen LogP contribution in [0.3, 0.4) is 0 Å². The van der Waals surface area contributed by atoms with E-state index >= 15 is 0 Å². The molecule has 0 aliphatic rings. The first kappa shape index (κ1) is 112. The van der Waals surface area contributed by atoms with E-state index in [0.29, 0.717) is 25.9 Å². The topological polar surface area (TPSA) is 175 Å². The molecule has 0 fully saturated rings. The van der Waals surface area contributed by atoms with Gasteiger partial charge in [0.1, 0.15) is 0 Å². The van der Waals surface area contributed by atoms with E-state index in [1.54, 1.807) is 0 Å². The van der Waals surface area contributed by atoms with Crippen molar-refractivity contribution in [3.05, 3.63) is 0 Å². The molecule has 0 heterocycles. The molecule has 0 unspecified atom stereocenters. The van der Waals surface area contributed by atoms with E-state index in [9.17, 15) is 0 Å². The van der Waals surface area contributed by atoms with Crippen molar-refractivity contribution in [1.29, 1.82) is 0 Å².